The monoisotopic (exact) mass is 547 g/mol. The number of hydrogen-bond donors (Lipinski definition) is 0. The zero-order valence-corrected chi connectivity index (χ0v) is 22.3. The van der Waals surface area contributed by atoms with E-state index < -0.39 is 11.9 Å². The highest BCUT2D eigenvalue weighted by atomic mass is 35.5. The second-order valence-corrected chi connectivity index (χ2v) is 9.77. The third kappa shape index (κ3) is 5.14. The van der Waals surface area contributed by atoms with Gasteiger partial charge in [0.2, 0.25) is 5.90 Å². The summed E-state index contributed by atoms with van der Waals surface area (Å²) in [4.78, 5) is 30.1. The van der Waals surface area contributed by atoms with E-state index >= 15 is 0 Å². The number of thiophene rings is 1. The molecule has 9 heteroatoms. The standard InChI is InChI=1S/C29H22ClNO6S/c1-4-35-23-15-17(14-21-28(32)37-27(31-21)18-7-9-19(34-3)10-8-18)6-12-22(23)36-29(33)26-25(30)20-11-5-16(2)13-24(20)38-26/h5-15H,4H2,1-3H3/b21-14+. The summed E-state index contributed by atoms with van der Waals surface area (Å²) in [5, 5.41) is 1.17. The van der Waals surface area contributed by atoms with Gasteiger partial charge in [0.15, 0.2) is 17.2 Å². The van der Waals surface area contributed by atoms with Crippen LogP contribution < -0.4 is 14.2 Å². The molecule has 4 aromatic rings. The van der Waals surface area contributed by atoms with Crippen LogP contribution in [0.2, 0.25) is 5.02 Å². The van der Waals surface area contributed by atoms with E-state index in [1.165, 1.54) is 11.3 Å². The summed E-state index contributed by atoms with van der Waals surface area (Å²) in [5.74, 6) is 0.320. The molecule has 0 N–H and O–H groups in total. The van der Waals surface area contributed by atoms with Gasteiger partial charge in [0.05, 0.1) is 18.7 Å². The first kappa shape index (κ1) is 25.5. The van der Waals surface area contributed by atoms with E-state index in [0.29, 0.717) is 39.1 Å². The summed E-state index contributed by atoms with van der Waals surface area (Å²) in [6, 6.07) is 17.8. The lowest BCUT2D eigenvalue weighted by molar-refractivity contribution is -0.129. The van der Waals surface area contributed by atoms with Gasteiger partial charge < -0.3 is 18.9 Å². The summed E-state index contributed by atoms with van der Waals surface area (Å²) in [6.07, 6.45) is 1.58. The molecule has 0 unspecified atom stereocenters. The van der Waals surface area contributed by atoms with Gasteiger partial charge in [0.1, 0.15) is 10.6 Å². The smallest absolute Gasteiger partial charge is 0.363 e. The zero-order chi connectivity index (χ0) is 26.8. The summed E-state index contributed by atoms with van der Waals surface area (Å²) in [5.41, 5.74) is 2.48. The molecule has 0 saturated heterocycles. The molecule has 1 aliphatic heterocycles. The molecule has 0 atom stereocenters. The van der Waals surface area contributed by atoms with Crippen molar-refractivity contribution in [3.05, 3.63) is 93.0 Å². The Balaban J connectivity index is 1.40. The van der Waals surface area contributed by atoms with E-state index in [0.717, 1.165) is 15.6 Å². The molecule has 0 radical (unpaired) electrons. The number of benzene rings is 3. The predicted octanol–water partition coefficient (Wildman–Crippen LogP) is 6.83. The molecule has 3 aromatic carbocycles. The number of nitrogens with zero attached hydrogens (tertiary/aromatic N) is 1. The molecule has 0 fully saturated rings. The third-order valence-corrected chi connectivity index (χ3v) is 7.34. The Morgan fingerprint density at radius 1 is 1.08 bits per heavy atom. The fraction of sp³-hybridized carbons (Fsp3) is 0.138. The van der Waals surface area contributed by atoms with Crippen LogP contribution in [0, 0.1) is 6.92 Å². The normalized spacial score (nSPS) is 13.9. The number of cyclic esters (lactones) is 1. The van der Waals surface area contributed by atoms with Crippen molar-refractivity contribution in [3.63, 3.8) is 0 Å². The minimum Gasteiger partial charge on any atom is -0.497 e. The summed E-state index contributed by atoms with van der Waals surface area (Å²) >= 11 is 7.76. The molecule has 0 amide bonds. The molecule has 0 saturated carbocycles. The number of carbonyl (C=O) groups excluding carboxylic acids is 2. The molecular weight excluding hydrogens is 526 g/mol. The van der Waals surface area contributed by atoms with Crippen molar-refractivity contribution >= 4 is 56.9 Å². The van der Waals surface area contributed by atoms with Crippen LogP contribution in [0.1, 0.15) is 33.3 Å². The Morgan fingerprint density at radius 3 is 2.61 bits per heavy atom. The van der Waals surface area contributed by atoms with Gasteiger partial charge in [0, 0.05) is 15.6 Å². The first-order valence-electron chi connectivity index (χ1n) is 11.7. The van der Waals surface area contributed by atoms with Crippen molar-refractivity contribution < 1.29 is 28.5 Å². The van der Waals surface area contributed by atoms with Gasteiger partial charge in [-0.25, -0.2) is 14.6 Å². The van der Waals surface area contributed by atoms with E-state index in [9.17, 15) is 9.59 Å². The number of rotatable bonds is 7. The van der Waals surface area contributed by atoms with Crippen molar-refractivity contribution in [2.75, 3.05) is 13.7 Å². The molecular formula is C29H22ClNO6S. The Labute approximate surface area is 227 Å². The number of ether oxygens (including phenoxy) is 4. The average Bonchev–Trinajstić information content (AvgIpc) is 3.44. The summed E-state index contributed by atoms with van der Waals surface area (Å²) < 4.78 is 22.8. The van der Waals surface area contributed by atoms with Gasteiger partial charge in [-0.3, -0.25) is 0 Å². The number of aryl methyl sites for hydroxylation is 1. The molecule has 192 valence electrons. The van der Waals surface area contributed by atoms with Crippen LogP contribution in [-0.2, 0) is 9.53 Å². The Bertz CT molecular complexity index is 1620. The lowest BCUT2D eigenvalue weighted by Gasteiger charge is -2.11. The van der Waals surface area contributed by atoms with Gasteiger partial charge in [-0.05, 0) is 73.5 Å². The van der Waals surface area contributed by atoms with Gasteiger partial charge >= 0.3 is 11.9 Å². The Hall–Kier alpha value is -4.14. The first-order valence-corrected chi connectivity index (χ1v) is 12.9. The van der Waals surface area contributed by atoms with Crippen molar-refractivity contribution in [1.82, 2.24) is 0 Å². The number of fused-ring (bicyclic) bond motifs is 1. The van der Waals surface area contributed by atoms with Crippen LogP contribution in [0.25, 0.3) is 16.2 Å². The third-order valence-electron chi connectivity index (χ3n) is 5.70. The number of esters is 2. The second kappa shape index (κ2) is 10.7. The van der Waals surface area contributed by atoms with Gasteiger partial charge in [-0.1, -0.05) is 29.8 Å². The van der Waals surface area contributed by atoms with E-state index in [1.54, 1.807) is 55.7 Å². The highest BCUT2D eigenvalue weighted by Crippen LogP contribution is 2.38. The first-order chi connectivity index (χ1) is 18.4. The zero-order valence-electron chi connectivity index (χ0n) is 20.7. The Kier molecular flexibility index (Phi) is 7.18. The van der Waals surface area contributed by atoms with Crippen molar-refractivity contribution in [1.29, 1.82) is 0 Å². The van der Waals surface area contributed by atoms with Crippen LogP contribution in [0.5, 0.6) is 17.2 Å². The van der Waals surface area contributed by atoms with Crippen LogP contribution in [0.3, 0.4) is 0 Å². The largest absolute Gasteiger partial charge is 0.497 e. The Morgan fingerprint density at radius 2 is 1.87 bits per heavy atom. The lowest BCUT2D eigenvalue weighted by atomic mass is 10.1. The molecule has 2 heterocycles. The maximum Gasteiger partial charge on any atom is 0.363 e. The van der Waals surface area contributed by atoms with Crippen LogP contribution >= 0.6 is 22.9 Å². The van der Waals surface area contributed by atoms with Gasteiger partial charge in [0.25, 0.3) is 0 Å². The fourth-order valence-electron chi connectivity index (χ4n) is 3.84. The fourth-order valence-corrected chi connectivity index (χ4v) is 5.32. The van der Waals surface area contributed by atoms with Crippen LogP contribution in [0.15, 0.2) is 71.4 Å². The van der Waals surface area contributed by atoms with E-state index in [4.69, 9.17) is 30.5 Å². The molecule has 0 aliphatic carbocycles. The van der Waals surface area contributed by atoms with E-state index in [2.05, 4.69) is 4.99 Å². The van der Waals surface area contributed by atoms with Crippen LogP contribution in [0.4, 0.5) is 0 Å². The topological polar surface area (TPSA) is 83.4 Å². The van der Waals surface area contributed by atoms with Gasteiger partial charge in [-0.2, -0.15) is 0 Å². The maximum absolute atomic E-state index is 13.0. The number of halogens is 1. The highest BCUT2D eigenvalue weighted by Gasteiger charge is 2.25. The number of carbonyl (C=O) groups is 2. The lowest BCUT2D eigenvalue weighted by Crippen LogP contribution is -2.08. The maximum atomic E-state index is 13.0. The summed E-state index contributed by atoms with van der Waals surface area (Å²) in [6.45, 7) is 4.14. The summed E-state index contributed by atoms with van der Waals surface area (Å²) in [7, 11) is 1.58. The quantitative estimate of drug-likeness (QED) is 0.143. The number of aliphatic imine (C=N–C) groups is 1. The number of hydrogen-bond acceptors (Lipinski definition) is 8. The molecule has 1 aliphatic rings. The minimum absolute atomic E-state index is 0.135. The average molecular weight is 548 g/mol. The number of methoxy groups -OCH3 is 1. The van der Waals surface area contributed by atoms with Crippen LogP contribution in [-0.4, -0.2) is 31.6 Å². The highest BCUT2D eigenvalue weighted by molar-refractivity contribution is 7.21. The second-order valence-electron chi connectivity index (χ2n) is 8.34. The molecule has 38 heavy (non-hydrogen) atoms. The van der Waals surface area contributed by atoms with Crippen molar-refractivity contribution in [2.45, 2.75) is 13.8 Å². The van der Waals surface area contributed by atoms with Crippen molar-refractivity contribution in [2.24, 2.45) is 4.99 Å². The SMILES string of the molecule is CCOc1cc(/C=C2/N=C(c3ccc(OC)cc3)OC2=O)ccc1OC(=O)c1sc2cc(C)ccc2c1Cl. The molecule has 0 bridgehead atoms. The molecule has 5 rings (SSSR count). The molecule has 1 aromatic heterocycles. The van der Waals surface area contributed by atoms with E-state index in [-0.39, 0.29) is 17.3 Å². The van der Waals surface area contributed by atoms with Crippen molar-refractivity contribution in [3.8, 4) is 17.2 Å². The van der Waals surface area contributed by atoms with Gasteiger partial charge in [-0.15, -0.1) is 11.3 Å². The minimum atomic E-state index is -0.575. The molecule has 0 spiro atoms. The predicted molar refractivity (Wildman–Crippen MR) is 148 cm³/mol. The molecule has 7 nitrogen and oxygen atoms in total. The van der Waals surface area contributed by atoms with E-state index in [1.807, 2.05) is 32.0 Å².